The maximum absolute atomic E-state index is 3.96. The van der Waals surface area contributed by atoms with Gasteiger partial charge in [0.05, 0.1) is 6.04 Å². The van der Waals surface area contributed by atoms with E-state index in [0.29, 0.717) is 6.04 Å². The van der Waals surface area contributed by atoms with Gasteiger partial charge in [-0.15, -0.1) is 0 Å². The molecule has 0 aromatic carbocycles. The van der Waals surface area contributed by atoms with E-state index in [9.17, 15) is 0 Å². The van der Waals surface area contributed by atoms with E-state index in [-0.39, 0.29) is 0 Å². The second-order valence-corrected chi connectivity index (χ2v) is 1.80. The highest BCUT2D eigenvalue weighted by atomic mass is 14.9. The van der Waals surface area contributed by atoms with Gasteiger partial charge in [0.1, 0.15) is 0 Å². The van der Waals surface area contributed by atoms with Crippen LogP contribution in [0.2, 0.25) is 0 Å². The van der Waals surface area contributed by atoms with Crippen LogP contribution in [0.5, 0.6) is 0 Å². The first-order valence-electron chi connectivity index (χ1n) is 2.88. The van der Waals surface area contributed by atoms with Crippen LogP contribution in [0.3, 0.4) is 0 Å². The number of aliphatic imine (C=N–C) groups is 1. The summed E-state index contributed by atoms with van der Waals surface area (Å²) in [5.41, 5.74) is 0. The van der Waals surface area contributed by atoms with Gasteiger partial charge in [0.2, 0.25) is 0 Å². The Labute approximate surface area is 49.3 Å². The molecule has 0 radical (unpaired) electrons. The lowest BCUT2D eigenvalue weighted by Crippen LogP contribution is -2.26. The van der Waals surface area contributed by atoms with Crippen LogP contribution in [0.15, 0.2) is 17.4 Å². The summed E-state index contributed by atoms with van der Waals surface area (Å²) >= 11 is 0. The Morgan fingerprint density at radius 3 is 3.00 bits per heavy atom. The first kappa shape index (κ1) is 5.35. The SMILES string of the molecule is CCC1C=NC=CN1. The quantitative estimate of drug-likeness (QED) is 0.533. The van der Waals surface area contributed by atoms with Crippen molar-refractivity contribution in [3.8, 4) is 0 Å². The first-order chi connectivity index (χ1) is 3.93. The monoisotopic (exact) mass is 110 g/mol. The van der Waals surface area contributed by atoms with E-state index in [1.165, 1.54) is 0 Å². The molecule has 2 heteroatoms. The highest BCUT2D eigenvalue weighted by Gasteiger charge is 1.98. The molecule has 0 bridgehead atoms. The predicted octanol–water partition coefficient (Wildman–Crippen LogP) is 0.910. The molecule has 0 aromatic heterocycles. The van der Waals surface area contributed by atoms with Crippen LogP contribution in [0.4, 0.5) is 0 Å². The van der Waals surface area contributed by atoms with E-state index in [0.717, 1.165) is 6.42 Å². The molecule has 1 atom stereocenters. The third-order valence-electron chi connectivity index (χ3n) is 1.18. The van der Waals surface area contributed by atoms with Crippen molar-refractivity contribution in [2.75, 3.05) is 0 Å². The van der Waals surface area contributed by atoms with Gasteiger partial charge in [-0.3, -0.25) is 4.99 Å². The van der Waals surface area contributed by atoms with Gasteiger partial charge in [-0.1, -0.05) is 6.92 Å². The maximum atomic E-state index is 3.96. The lowest BCUT2D eigenvalue weighted by Gasteiger charge is -2.10. The molecular formula is C6H10N2. The summed E-state index contributed by atoms with van der Waals surface area (Å²) in [7, 11) is 0. The molecule has 8 heavy (non-hydrogen) atoms. The van der Waals surface area contributed by atoms with E-state index in [4.69, 9.17) is 0 Å². The molecule has 0 aliphatic carbocycles. The second kappa shape index (κ2) is 2.50. The van der Waals surface area contributed by atoms with Gasteiger partial charge in [0.25, 0.3) is 0 Å². The minimum atomic E-state index is 0.458. The van der Waals surface area contributed by atoms with E-state index in [1.54, 1.807) is 6.20 Å². The van der Waals surface area contributed by atoms with Crippen molar-refractivity contribution in [2.24, 2.45) is 4.99 Å². The van der Waals surface area contributed by atoms with Crippen LogP contribution in [-0.4, -0.2) is 12.3 Å². The predicted molar refractivity (Wildman–Crippen MR) is 34.8 cm³/mol. The van der Waals surface area contributed by atoms with Gasteiger partial charge in [-0.25, -0.2) is 0 Å². The van der Waals surface area contributed by atoms with Gasteiger partial charge in [0, 0.05) is 18.6 Å². The summed E-state index contributed by atoms with van der Waals surface area (Å²) in [6, 6.07) is 0.458. The third-order valence-corrected chi connectivity index (χ3v) is 1.18. The van der Waals surface area contributed by atoms with Crippen LogP contribution in [0.1, 0.15) is 13.3 Å². The molecule has 0 saturated heterocycles. The van der Waals surface area contributed by atoms with Crippen LogP contribution >= 0.6 is 0 Å². The zero-order valence-corrected chi connectivity index (χ0v) is 4.96. The van der Waals surface area contributed by atoms with E-state index in [2.05, 4.69) is 17.2 Å². The van der Waals surface area contributed by atoms with Crippen LogP contribution in [-0.2, 0) is 0 Å². The zero-order valence-electron chi connectivity index (χ0n) is 4.96. The molecule has 1 unspecified atom stereocenters. The summed E-state index contributed by atoms with van der Waals surface area (Å²) in [4.78, 5) is 3.96. The Kier molecular flexibility index (Phi) is 1.67. The Hall–Kier alpha value is -0.790. The standard InChI is InChI=1S/C6H10N2/c1-2-6-5-7-3-4-8-6/h3-6,8H,2H2,1H3. The fourth-order valence-electron chi connectivity index (χ4n) is 0.630. The maximum Gasteiger partial charge on any atom is 0.0608 e. The Bertz CT molecular complexity index is 116. The molecule has 1 aliphatic heterocycles. The summed E-state index contributed by atoms with van der Waals surface area (Å²) < 4.78 is 0. The van der Waals surface area contributed by atoms with Crippen molar-refractivity contribution in [1.29, 1.82) is 0 Å². The van der Waals surface area contributed by atoms with Gasteiger partial charge in [-0.2, -0.15) is 0 Å². The van der Waals surface area contributed by atoms with Gasteiger partial charge < -0.3 is 5.32 Å². The fraction of sp³-hybridized carbons (Fsp3) is 0.500. The number of hydrogen-bond donors (Lipinski definition) is 1. The van der Waals surface area contributed by atoms with Crippen molar-refractivity contribution in [3.05, 3.63) is 12.4 Å². The third kappa shape index (κ3) is 1.09. The average molecular weight is 110 g/mol. The fourth-order valence-corrected chi connectivity index (χ4v) is 0.630. The number of nitrogens with zero attached hydrogens (tertiary/aromatic N) is 1. The van der Waals surface area contributed by atoms with Crippen LogP contribution in [0, 0.1) is 0 Å². The molecule has 44 valence electrons. The molecule has 1 heterocycles. The summed E-state index contributed by atoms with van der Waals surface area (Å²) in [6.07, 6.45) is 6.65. The minimum absolute atomic E-state index is 0.458. The molecule has 0 spiro atoms. The van der Waals surface area contributed by atoms with Crippen molar-refractivity contribution < 1.29 is 0 Å². The van der Waals surface area contributed by atoms with Crippen molar-refractivity contribution >= 4 is 6.21 Å². The normalized spacial score (nSPS) is 25.4. The molecule has 2 nitrogen and oxygen atoms in total. The highest BCUT2D eigenvalue weighted by molar-refractivity contribution is 5.66. The van der Waals surface area contributed by atoms with Gasteiger partial charge in [-0.05, 0) is 6.42 Å². The minimum Gasteiger partial charge on any atom is -0.382 e. The van der Waals surface area contributed by atoms with Crippen molar-refractivity contribution in [2.45, 2.75) is 19.4 Å². The second-order valence-electron chi connectivity index (χ2n) is 1.80. The molecule has 0 aromatic rings. The van der Waals surface area contributed by atoms with E-state index < -0.39 is 0 Å². The largest absolute Gasteiger partial charge is 0.382 e. The van der Waals surface area contributed by atoms with Crippen molar-refractivity contribution in [1.82, 2.24) is 5.32 Å². The molecule has 1 N–H and O–H groups in total. The lowest BCUT2D eigenvalue weighted by atomic mass is 10.2. The molecule has 1 aliphatic rings. The highest BCUT2D eigenvalue weighted by Crippen LogP contribution is 1.91. The summed E-state index contributed by atoms with van der Waals surface area (Å²) in [5.74, 6) is 0. The Morgan fingerprint density at radius 1 is 1.75 bits per heavy atom. The topological polar surface area (TPSA) is 24.4 Å². The number of nitrogens with one attached hydrogen (secondary N) is 1. The molecule has 0 saturated carbocycles. The number of hydrogen-bond acceptors (Lipinski definition) is 2. The Balaban J connectivity index is 2.40. The van der Waals surface area contributed by atoms with E-state index in [1.807, 2.05) is 12.4 Å². The smallest absolute Gasteiger partial charge is 0.0608 e. The zero-order chi connectivity index (χ0) is 5.82. The van der Waals surface area contributed by atoms with E-state index >= 15 is 0 Å². The lowest BCUT2D eigenvalue weighted by molar-refractivity contribution is 0.711. The van der Waals surface area contributed by atoms with Crippen LogP contribution < -0.4 is 5.32 Å². The molecule has 0 amide bonds. The Morgan fingerprint density at radius 2 is 2.62 bits per heavy atom. The van der Waals surface area contributed by atoms with Gasteiger partial charge in [0.15, 0.2) is 0 Å². The summed E-state index contributed by atoms with van der Waals surface area (Å²) in [5, 5.41) is 3.14. The molecule has 0 fully saturated rings. The first-order valence-corrected chi connectivity index (χ1v) is 2.88. The van der Waals surface area contributed by atoms with Gasteiger partial charge >= 0.3 is 0 Å². The summed E-state index contributed by atoms with van der Waals surface area (Å²) in [6.45, 7) is 2.13. The van der Waals surface area contributed by atoms with Crippen molar-refractivity contribution in [3.63, 3.8) is 0 Å². The van der Waals surface area contributed by atoms with Crippen LogP contribution in [0.25, 0.3) is 0 Å². The average Bonchev–Trinajstić information content (AvgIpc) is 1.90. The number of rotatable bonds is 1. The molecule has 1 rings (SSSR count). The molecular weight excluding hydrogens is 100 g/mol.